The molecule has 0 N–H and O–H groups in total. The van der Waals surface area contributed by atoms with Gasteiger partial charge in [-0.1, -0.05) is 0 Å². The minimum Gasteiger partial charge on any atom is -0.398 e. The lowest BCUT2D eigenvalue weighted by Crippen LogP contribution is -2.41. The molecule has 3 rings (SSSR count). The van der Waals surface area contributed by atoms with Crippen molar-refractivity contribution in [3.8, 4) is 0 Å². The molecule has 1 aromatic heterocycles. The van der Waals surface area contributed by atoms with Crippen LogP contribution in [0.3, 0.4) is 0 Å². The van der Waals surface area contributed by atoms with E-state index in [0.29, 0.717) is 13.0 Å². The molecule has 1 aromatic rings. The zero-order valence-corrected chi connectivity index (χ0v) is 11.2. The van der Waals surface area contributed by atoms with Gasteiger partial charge >= 0.3 is 7.12 Å². The minimum absolute atomic E-state index is 0.342. The predicted octanol–water partition coefficient (Wildman–Crippen LogP) is 1.08. The second-order valence-corrected chi connectivity index (χ2v) is 6.13. The van der Waals surface area contributed by atoms with Gasteiger partial charge in [0.15, 0.2) is 0 Å². The normalized spacial score (nSPS) is 28.7. The van der Waals surface area contributed by atoms with E-state index < -0.39 is 13.3 Å². The van der Waals surface area contributed by atoms with Gasteiger partial charge in [-0.2, -0.15) is 5.10 Å². The standard InChI is InChI=1S/C12H18BFN2O2/c1-11(2)12(3,4)18-13(17-11)10-6-9-5-8(14)7-16(9)15-10/h6,8H,5,7H2,1-4H3/t8-/m1/s1. The van der Waals surface area contributed by atoms with Gasteiger partial charge in [-0.25, -0.2) is 4.39 Å². The van der Waals surface area contributed by atoms with Crippen LogP contribution in [0.25, 0.3) is 0 Å². The van der Waals surface area contributed by atoms with E-state index >= 15 is 0 Å². The molecule has 1 saturated heterocycles. The van der Waals surface area contributed by atoms with Gasteiger partial charge in [0.05, 0.1) is 23.3 Å². The summed E-state index contributed by atoms with van der Waals surface area (Å²) < 4.78 is 26.7. The Balaban J connectivity index is 1.84. The van der Waals surface area contributed by atoms with Crippen LogP contribution in [0.1, 0.15) is 33.4 Å². The lowest BCUT2D eigenvalue weighted by molar-refractivity contribution is 0.00578. The van der Waals surface area contributed by atoms with Gasteiger partial charge in [-0.3, -0.25) is 4.68 Å². The fourth-order valence-electron chi connectivity index (χ4n) is 2.36. The number of hydrogen-bond acceptors (Lipinski definition) is 3. The van der Waals surface area contributed by atoms with Crippen molar-refractivity contribution < 1.29 is 13.7 Å². The summed E-state index contributed by atoms with van der Waals surface area (Å²) in [6.45, 7) is 8.38. The molecular formula is C12H18BFN2O2. The highest BCUT2D eigenvalue weighted by Crippen LogP contribution is 2.36. The molecule has 0 bridgehead atoms. The van der Waals surface area contributed by atoms with E-state index in [2.05, 4.69) is 5.10 Å². The molecule has 1 fully saturated rings. The van der Waals surface area contributed by atoms with Crippen molar-refractivity contribution in [3.63, 3.8) is 0 Å². The predicted molar refractivity (Wildman–Crippen MR) is 66.5 cm³/mol. The SMILES string of the molecule is CC1(C)OB(c2cc3n(n2)C[C@H](F)C3)OC1(C)C. The number of nitrogens with zero attached hydrogens (tertiary/aromatic N) is 2. The molecule has 3 heterocycles. The maximum Gasteiger partial charge on any atom is 0.516 e. The molecule has 0 spiro atoms. The average Bonchev–Trinajstić information content (AvgIpc) is 2.77. The van der Waals surface area contributed by atoms with Crippen molar-refractivity contribution in [2.45, 2.75) is 58.0 Å². The first kappa shape index (κ1) is 12.2. The van der Waals surface area contributed by atoms with Crippen LogP contribution >= 0.6 is 0 Å². The highest BCUT2D eigenvalue weighted by atomic mass is 19.1. The van der Waals surface area contributed by atoms with Crippen LogP contribution in [0, 0.1) is 0 Å². The summed E-state index contributed by atoms with van der Waals surface area (Å²) in [5, 5.41) is 4.38. The van der Waals surface area contributed by atoms with Crippen LogP contribution in [0.2, 0.25) is 0 Å². The van der Waals surface area contributed by atoms with Crippen LogP contribution in [0.4, 0.5) is 4.39 Å². The molecule has 0 unspecified atom stereocenters. The number of alkyl halides is 1. The quantitative estimate of drug-likeness (QED) is 0.701. The third kappa shape index (κ3) is 1.70. The summed E-state index contributed by atoms with van der Waals surface area (Å²) in [5.74, 6) is 0. The summed E-state index contributed by atoms with van der Waals surface area (Å²) in [4.78, 5) is 0. The Morgan fingerprint density at radius 3 is 2.50 bits per heavy atom. The number of fused-ring (bicyclic) bond motifs is 1. The van der Waals surface area contributed by atoms with Gasteiger partial charge in [0.1, 0.15) is 6.17 Å². The molecule has 4 nitrogen and oxygen atoms in total. The van der Waals surface area contributed by atoms with E-state index in [9.17, 15) is 4.39 Å². The first-order valence-electron chi connectivity index (χ1n) is 6.35. The monoisotopic (exact) mass is 252 g/mol. The maximum atomic E-state index is 13.2. The summed E-state index contributed by atoms with van der Waals surface area (Å²) >= 11 is 0. The minimum atomic E-state index is -0.806. The van der Waals surface area contributed by atoms with Gasteiger partial charge in [0.25, 0.3) is 0 Å². The topological polar surface area (TPSA) is 36.3 Å². The lowest BCUT2D eigenvalue weighted by Gasteiger charge is -2.32. The van der Waals surface area contributed by atoms with Gasteiger partial charge < -0.3 is 9.31 Å². The Kier molecular flexibility index (Phi) is 2.42. The largest absolute Gasteiger partial charge is 0.516 e. The Labute approximate surface area is 107 Å². The zero-order chi connectivity index (χ0) is 13.1. The van der Waals surface area contributed by atoms with Gasteiger partial charge in [-0.05, 0) is 33.8 Å². The van der Waals surface area contributed by atoms with Crippen molar-refractivity contribution in [1.29, 1.82) is 0 Å². The molecule has 0 aliphatic carbocycles. The highest BCUT2D eigenvalue weighted by Gasteiger charge is 2.53. The molecule has 1 atom stereocenters. The third-order valence-corrected chi connectivity index (χ3v) is 4.18. The second-order valence-electron chi connectivity index (χ2n) is 6.13. The summed E-state index contributed by atoms with van der Waals surface area (Å²) in [7, 11) is -0.453. The van der Waals surface area contributed by atoms with Crippen molar-refractivity contribution in [3.05, 3.63) is 11.8 Å². The molecule has 0 radical (unpaired) electrons. The first-order chi connectivity index (χ1) is 8.28. The molecule has 0 saturated carbocycles. The van der Waals surface area contributed by atoms with Crippen molar-refractivity contribution in [2.75, 3.05) is 0 Å². The van der Waals surface area contributed by atoms with Crippen LogP contribution in [-0.2, 0) is 22.3 Å². The van der Waals surface area contributed by atoms with Gasteiger partial charge in [-0.15, -0.1) is 0 Å². The number of halogens is 1. The Bertz CT molecular complexity index is 447. The van der Waals surface area contributed by atoms with Gasteiger partial charge in [0.2, 0.25) is 0 Å². The molecule has 98 valence electrons. The number of rotatable bonds is 1. The zero-order valence-electron chi connectivity index (χ0n) is 11.2. The van der Waals surface area contributed by atoms with E-state index in [-0.39, 0.29) is 11.2 Å². The third-order valence-electron chi connectivity index (χ3n) is 4.18. The summed E-state index contributed by atoms with van der Waals surface area (Å²) in [6, 6.07) is 1.89. The van der Waals surface area contributed by atoms with E-state index in [4.69, 9.17) is 9.31 Å². The van der Waals surface area contributed by atoms with Gasteiger partial charge in [0, 0.05) is 12.1 Å². The van der Waals surface area contributed by atoms with E-state index in [1.54, 1.807) is 4.68 Å². The number of hydrogen-bond donors (Lipinski definition) is 0. The second kappa shape index (κ2) is 3.57. The fourth-order valence-corrected chi connectivity index (χ4v) is 2.36. The van der Waals surface area contributed by atoms with E-state index in [1.807, 2.05) is 33.8 Å². The van der Waals surface area contributed by atoms with E-state index in [0.717, 1.165) is 11.3 Å². The number of aromatic nitrogens is 2. The smallest absolute Gasteiger partial charge is 0.398 e. The van der Waals surface area contributed by atoms with Crippen molar-refractivity contribution >= 4 is 12.7 Å². The molecular weight excluding hydrogens is 234 g/mol. The highest BCUT2D eigenvalue weighted by molar-refractivity contribution is 6.61. The van der Waals surface area contributed by atoms with Crippen molar-refractivity contribution in [1.82, 2.24) is 9.78 Å². The molecule has 0 amide bonds. The van der Waals surface area contributed by atoms with Crippen LogP contribution in [0.5, 0.6) is 0 Å². The molecule has 0 aromatic carbocycles. The fraction of sp³-hybridized carbons (Fsp3) is 0.750. The summed E-state index contributed by atoms with van der Waals surface area (Å²) in [6.07, 6.45) is -0.369. The molecule has 6 heteroatoms. The van der Waals surface area contributed by atoms with Crippen molar-refractivity contribution in [2.24, 2.45) is 0 Å². The molecule has 18 heavy (non-hydrogen) atoms. The Hall–Kier alpha value is -0.875. The Morgan fingerprint density at radius 1 is 1.33 bits per heavy atom. The van der Waals surface area contributed by atoms with Crippen LogP contribution in [-0.4, -0.2) is 34.3 Å². The van der Waals surface area contributed by atoms with Crippen LogP contribution < -0.4 is 5.59 Å². The molecule has 2 aliphatic rings. The lowest BCUT2D eigenvalue weighted by atomic mass is 9.85. The molecule has 2 aliphatic heterocycles. The summed E-state index contributed by atoms with van der Waals surface area (Å²) in [5.41, 5.74) is 0.936. The van der Waals surface area contributed by atoms with Crippen LogP contribution in [0.15, 0.2) is 6.07 Å². The maximum absolute atomic E-state index is 13.2. The van der Waals surface area contributed by atoms with E-state index in [1.165, 1.54) is 0 Å². The average molecular weight is 252 g/mol. The Morgan fingerprint density at radius 2 is 1.94 bits per heavy atom. The first-order valence-corrected chi connectivity index (χ1v) is 6.35.